The van der Waals surface area contributed by atoms with Crippen LogP contribution < -0.4 is 10.2 Å². The summed E-state index contributed by atoms with van der Waals surface area (Å²) >= 11 is 0. The van der Waals surface area contributed by atoms with Crippen LogP contribution in [0.2, 0.25) is 0 Å². The second-order valence-corrected chi connectivity index (χ2v) is 7.66. The summed E-state index contributed by atoms with van der Waals surface area (Å²) in [5.41, 5.74) is 1.59. The second-order valence-electron chi connectivity index (χ2n) is 7.66. The molecule has 0 radical (unpaired) electrons. The number of alkyl halides is 3. The Hall–Kier alpha value is -3.20. The Morgan fingerprint density at radius 3 is 2.53 bits per heavy atom. The molecule has 5 nitrogen and oxygen atoms in total. The third-order valence-corrected chi connectivity index (χ3v) is 5.55. The summed E-state index contributed by atoms with van der Waals surface area (Å²) < 4.78 is 53.9. The van der Waals surface area contributed by atoms with Crippen molar-refractivity contribution < 1.29 is 22.7 Å². The first-order chi connectivity index (χ1) is 15.4. The third kappa shape index (κ3) is 4.67. The van der Waals surface area contributed by atoms with Crippen LogP contribution in [0.3, 0.4) is 0 Å². The van der Waals surface area contributed by atoms with Crippen molar-refractivity contribution in [2.24, 2.45) is 0 Å². The van der Waals surface area contributed by atoms with Gasteiger partial charge in [0.25, 0.3) is 0 Å². The first-order valence-corrected chi connectivity index (χ1v) is 10.2. The standard InChI is InChI=1S/C23H22F4N4O/c24-20-21(28-12-15-3-1-4-16(11-15)13-32)29-14-30-22(20)31-10-2-5-19(31)17-6-8-18(9-7-17)23(25,26)27/h1,3-4,6-9,11,14,19,32H,2,5,10,12-13H2,(H,28,29,30). The molecule has 1 fully saturated rings. The monoisotopic (exact) mass is 446 g/mol. The van der Waals surface area contributed by atoms with Gasteiger partial charge in [0.2, 0.25) is 5.82 Å². The SMILES string of the molecule is OCc1cccc(CNc2ncnc(N3CCCC3c3ccc(C(F)(F)F)cc3)c2F)c1. The molecule has 4 rings (SSSR count). The van der Waals surface area contributed by atoms with E-state index in [4.69, 9.17) is 0 Å². The van der Waals surface area contributed by atoms with Crippen LogP contribution in [0.25, 0.3) is 0 Å². The minimum absolute atomic E-state index is 0.0440. The lowest BCUT2D eigenvalue weighted by molar-refractivity contribution is -0.137. The van der Waals surface area contributed by atoms with Crippen LogP contribution >= 0.6 is 0 Å². The molecule has 2 N–H and O–H groups in total. The normalized spacial score (nSPS) is 16.4. The Balaban J connectivity index is 1.54. The highest BCUT2D eigenvalue weighted by molar-refractivity contribution is 5.53. The summed E-state index contributed by atoms with van der Waals surface area (Å²) in [6.45, 7) is 0.765. The minimum atomic E-state index is -4.40. The van der Waals surface area contributed by atoms with Gasteiger partial charge in [-0.25, -0.2) is 9.97 Å². The van der Waals surface area contributed by atoms with Gasteiger partial charge in [-0.05, 0) is 41.7 Å². The Morgan fingerprint density at radius 2 is 1.81 bits per heavy atom. The van der Waals surface area contributed by atoms with Crippen LogP contribution in [-0.4, -0.2) is 21.6 Å². The Labute approximate surface area is 182 Å². The molecule has 0 amide bonds. The molecule has 1 aromatic heterocycles. The summed E-state index contributed by atoms with van der Waals surface area (Å²) in [5, 5.41) is 12.2. The van der Waals surface area contributed by atoms with E-state index in [9.17, 15) is 18.3 Å². The quantitative estimate of drug-likeness (QED) is 0.517. The van der Waals surface area contributed by atoms with E-state index in [-0.39, 0.29) is 24.3 Å². The van der Waals surface area contributed by atoms with E-state index in [0.717, 1.165) is 29.7 Å². The lowest BCUT2D eigenvalue weighted by atomic mass is 10.0. The number of hydrogen-bond donors (Lipinski definition) is 2. The van der Waals surface area contributed by atoms with E-state index < -0.39 is 17.6 Å². The van der Waals surface area contributed by atoms with Crippen LogP contribution in [0.4, 0.5) is 29.2 Å². The predicted octanol–water partition coefficient (Wildman–Crippen LogP) is 5.08. The first-order valence-electron chi connectivity index (χ1n) is 10.2. The van der Waals surface area contributed by atoms with E-state index in [1.807, 2.05) is 18.2 Å². The van der Waals surface area contributed by atoms with Crippen LogP contribution in [0.5, 0.6) is 0 Å². The highest BCUT2D eigenvalue weighted by atomic mass is 19.4. The molecule has 0 aliphatic carbocycles. The molecule has 1 atom stereocenters. The third-order valence-electron chi connectivity index (χ3n) is 5.55. The molecule has 1 unspecified atom stereocenters. The molecule has 1 saturated heterocycles. The zero-order valence-corrected chi connectivity index (χ0v) is 17.1. The molecule has 0 bridgehead atoms. The van der Waals surface area contributed by atoms with Gasteiger partial charge in [-0.3, -0.25) is 0 Å². The topological polar surface area (TPSA) is 61.3 Å². The predicted molar refractivity (Wildman–Crippen MR) is 112 cm³/mol. The van der Waals surface area contributed by atoms with Gasteiger partial charge >= 0.3 is 6.18 Å². The average molecular weight is 446 g/mol. The molecule has 32 heavy (non-hydrogen) atoms. The van der Waals surface area contributed by atoms with Crippen molar-refractivity contribution in [2.45, 2.75) is 38.2 Å². The number of halogens is 4. The summed E-state index contributed by atoms with van der Waals surface area (Å²) in [5.74, 6) is -0.443. The number of rotatable bonds is 6. The first kappa shape index (κ1) is 22.0. The van der Waals surface area contributed by atoms with Crippen molar-refractivity contribution in [3.63, 3.8) is 0 Å². The zero-order chi connectivity index (χ0) is 22.7. The summed E-state index contributed by atoms with van der Waals surface area (Å²) in [7, 11) is 0. The van der Waals surface area contributed by atoms with Crippen molar-refractivity contribution in [3.8, 4) is 0 Å². The minimum Gasteiger partial charge on any atom is -0.392 e. The molecular weight excluding hydrogens is 424 g/mol. The fourth-order valence-corrected chi connectivity index (χ4v) is 3.97. The van der Waals surface area contributed by atoms with Crippen LogP contribution in [0, 0.1) is 5.82 Å². The number of aromatic nitrogens is 2. The molecule has 2 heterocycles. The summed E-state index contributed by atoms with van der Waals surface area (Å²) in [4.78, 5) is 9.90. The van der Waals surface area contributed by atoms with E-state index in [1.54, 1.807) is 11.0 Å². The van der Waals surface area contributed by atoms with Gasteiger partial charge in [0.1, 0.15) is 6.33 Å². The summed E-state index contributed by atoms with van der Waals surface area (Å²) in [6.07, 6.45) is -1.67. The smallest absolute Gasteiger partial charge is 0.392 e. The Morgan fingerprint density at radius 1 is 1.06 bits per heavy atom. The second kappa shape index (κ2) is 9.12. The molecule has 1 aliphatic heterocycles. The van der Waals surface area contributed by atoms with E-state index in [2.05, 4.69) is 15.3 Å². The molecule has 1 aliphatic rings. The fourth-order valence-electron chi connectivity index (χ4n) is 3.97. The maximum absolute atomic E-state index is 15.3. The van der Waals surface area contributed by atoms with Gasteiger partial charge < -0.3 is 15.3 Å². The molecule has 9 heteroatoms. The highest BCUT2D eigenvalue weighted by Crippen LogP contribution is 2.38. The lowest BCUT2D eigenvalue weighted by Crippen LogP contribution is -2.25. The largest absolute Gasteiger partial charge is 0.416 e. The van der Waals surface area contributed by atoms with Crippen molar-refractivity contribution in [3.05, 3.63) is 82.9 Å². The lowest BCUT2D eigenvalue weighted by Gasteiger charge is -2.27. The zero-order valence-electron chi connectivity index (χ0n) is 17.1. The maximum Gasteiger partial charge on any atom is 0.416 e. The maximum atomic E-state index is 15.3. The Kier molecular flexibility index (Phi) is 6.27. The van der Waals surface area contributed by atoms with E-state index in [1.165, 1.54) is 18.5 Å². The van der Waals surface area contributed by atoms with Gasteiger partial charge in [-0.1, -0.05) is 36.4 Å². The molecule has 0 saturated carbocycles. The van der Waals surface area contributed by atoms with Gasteiger partial charge in [0.15, 0.2) is 11.6 Å². The van der Waals surface area contributed by atoms with Gasteiger partial charge in [0.05, 0.1) is 18.2 Å². The van der Waals surface area contributed by atoms with Crippen LogP contribution in [0.1, 0.15) is 41.1 Å². The number of nitrogens with one attached hydrogen (secondary N) is 1. The number of anilines is 2. The van der Waals surface area contributed by atoms with Gasteiger partial charge in [-0.2, -0.15) is 17.6 Å². The number of nitrogens with zero attached hydrogens (tertiary/aromatic N) is 3. The van der Waals surface area contributed by atoms with Crippen molar-refractivity contribution in [2.75, 3.05) is 16.8 Å². The molecule has 168 valence electrons. The Bertz CT molecular complexity index is 1070. The van der Waals surface area contributed by atoms with Crippen LogP contribution in [-0.2, 0) is 19.3 Å². The van der Waals surface area contributed by atoms with Crippen molar-refractivity contribution in [1.82, 2.24) is 9.97 Å². The molecule has 2 aromatic carbocycles. The van der Waals surface area contributed by atoms with Gasteiger partial charge in [-0.15, -0.1) is 0 Å². The van der Waals surface area contributed by atoms with Crippen LogP contribution in [0.15, 0.2) is 54.9 Å². The number of hydrogen-bond acceptors (Lipinski definition) is 5. The highest BCUT2D eigenvalue weighted by Gasteiger charge is 2.33. The van der Waals surface area contributed by atoms with E-state index >= 15 is 4.39 Å². The van der Waals surface area contributed by atoms with E-state index in [0.29, 0.717) is 25.1 Å². The number of benzene rings is 2. The van der Waals surface area contributed by atoms with Crippen molar-refractivity contribution in [1.29, 1.82) is 0 Å². The molecule has 0 spiro atoms. The fraction of sp³-hybridized carbons (Fsp3) is 0.304. The van der Waals surface area contributed by atoms with Crippen molar-refractivity contribution >= 4 is 11.6 Å². The average Bonchev–Trinajstić information content (AvgIpc) is 3.28. The molecular formula is C23H22F4N4O. The molecule has 3 aromatic rings. The summed E-state index contributed by atoms with van der Waals surface area (Å²) in [6, 6.07) is 12.0. The number of aliphatic hydroxyl groups excluding tert-OH is 1. The number of aliphatic hydroxyl groups is 1. The van der Waals surface area contributed by atoms with Gasteiger partial charge in [0, 0.05) is 13.1 Å².